The van der Waals surface area contributed by atoms with Crippen molar-refractivity contribution in [2.45, 2.75) is 25.8 Å². The van der Waals surface area contributed by atoms with Gasteiger partial charge in [0.05, 0.1) is 17.8 Å². The molecule has 3 rings (SSSR count). The lowest BCUT2D eigenvalue weighted by Crippen LogP contribution is -2.37. The van der Waals surface area contributed by atoms with E-state index in [0.29, 0.717) is 17.1 Å². The number of hydrogen-bond acceptors (Lipinski definition) is 5. The molecule has 0 atom stereocenters. The van der Waals surface area contributed by atoms with Crippen LogP contribution in [0.3, 0.4) is 0 Å². The summed E-state index contributed by atoms with van der Waals surface area (Å²) in [6.45, 7) is 0.354. The van der Waals surface area contributed by atoms with Crippen LogP contribution < -0.4 is 24.3 Å². The predicted molar refractivity (Wildman–Crippen MR) is 137 cm³/mol. The molecule has 1 N–H and O–H groups in total. The summed E-state index contributed by atoms with van der Waals surface area (Å²) in [6.07, 6.45) is -4.76. The molecule has 0 unspecified atom stereocenters. The summed E-state index contributed by atoms with van der Waals surface area (Å²) in [5.41, 5.74) is 2.51. The van der Waals surface area contributed by atoms with Crippen LogP contribution in [0.2, 0.25) is 0 Å². The highest BCUT2D eigenvalue weighted by molar-refractivity contribution is 14.1. The third-order valence-corrected chi connectivity index (χ3v) is 6.37. The van der Waals surface area contributed by atoms with Crippen LogP contribution in [0.5, 0.6) is 23.0 Å². The monoisotopic (exact) mass is 615 g/mol. The van der Waals surface area contributed by atoms with Crippen molar-refractivity contribution in [1.82, 2.24) is 5.32 Å². The van der Waals surface area contributed by atoms with Gasteiger partial charge in [0.2, 0.25) is 0 Å². The molecule has 0 saturated carbocycles. The smallest absolute Gasteiger partial charge is 0.471 e. The molecule has 0 aromatic heterocycles. The first-order valence-corrected chi connectivity index (χ1v) is 12.0. The number of rotatable bonds is 11. The third-order valence-electron chi connectivity index (χ3n) is 5.14. The Kier molecular flexibility index (Phi) is 9.68. The molecule has 0 radical (unpaired) electrons. The number of hydrogen-bond donors (Lipinski definition) is 1. The molecule has 0 aliphatic carbocycles. The quantitative estimate of drug-likeness (QED) is 0.281. The van der Waals surface area contributed by atoms with Gasteiger partial charge in [-0.05, 0) is 76.0 Å². The summed E-state index contributed by atoms with van der Waals surface area (Å²) in [7, 11) is 3.17. The van der Waals surface area contributed by atoms with Crippen LogP contribution in [0.25, 0.3) is 0 Å². The molecule has 0 heterocycles. The van der Waals surface area contributed by atoms with Crippen molar-refractivity contribution in [3.8, 4) is 23.0 Å². The van der Waals surface area contributed by atoms with Crippen LogP contribution in [0, 0.1) is 3.57 Å². The van der Waals surface area contributed by atoms with Gasteiger partial charge in [0, 0.05) is 12.6 Å². The molecule has 1 amide bonds. The van der Waals surface area contributed by atoms with Gasteiger partial charge in [-0.15, -0.1) is 0 Å². The van der Waals surface area contributed by atoms with Gasteiger partial charge in [0.1, 0.15) is 36.2 Å². The number of benzene rings is 3. The fourth-order valence-corrected chi connectivity index (χ4v) is 3.92. The van der Waals surface area contributed by atoms with Crippen molar-refractivity contribution < 1.29 is 36.9 Å². The second kappa shape index (κ2) is 12.7. The van der Waals surface area contributed by atoms with Crippen LogP contribution in [0.4, 0.5) is 13.2 Å². The molecule has 10 heteroatoms. The number of ether oxygens (including phenoxy) is 4. The van der Waals surface area contributed by atoms with E-state index in [2.05, 4.69) is 22.6 Å². The molecular formula is C26H25F3INO5. The fourth-order valence-electron chi connectivity index (χ4n) is 3.18. The van der Waals surface area contributed by atoms with E-state index in [1.165, 1.54) is 0 Å². The lowest BCUT2D eigenvalue weighted by molar-refractivity contribution is -0.173. The van der Waals surface area contributed by atoms with Gasteiger partial charge in [-0.2, -0.15) is 13.2 Å². The normalized spacial score (nSPS) is 11.1. The van der Waals surface area contributed by atoms with Gasteiger partial charge in [0.15, 0.2) is 0 Å². The Bertz CT molecular complexity index is 1150. The van der Waals surface area contributed by atoms with E-state index in [4.69, 9.17) is 18.9 Å². The molecule has 36 heavy (non-hydrogen) atoms. The van der Waals surface area contributed by atoms with Gasteiger partial charge >= 0.3 is 12.1 Å². The van der Waals surface area contributed by atoms with Gasteiger partial charge in [-0.3, -0.25) is 4.79 Å². The number of amides is 1. The Hall–Kier alpha value is -3.15. The van der Waals surface area contributed by atoms with Gasteiger partial charge in [-0.1, -0.05) is 24.3 Å². The second-order valence-electron chi connectivity index (χ2n) is 7.67. The van der Waals surface area contributed by atoms with E-state index < -0.39 is 12.1 Å². The maximum Gasteiger partial charge on any atom is 0.471 e. The van der Waals surface area contributed by atoms with E-state index in [0.717, 1.165) is 26.2 Å². The molecule has 6 nitrogen and oxygen atoms in total. The number of methoxy groups -OCH3 is 2. The number of halogens is 4. The summed E-state index contributed by atoms with van der Waals surface area (Å²) in [5, 5.41) is 1.90. The summed E-state index contributed by atoms with van der Waals surface area (Å²) in [5.74, 6) is 0.500. The van der Waals surface area contributed by atoms with E-state index in [9.17, 15) is 18.0 Å². The predicted octanol–water partition coefficient (Wildman–Crippen LogP) is 5.69. The average molecular weight is 615 g/mol. The first-order valence-electron chi connectivity index (χ1n) is 10.9. The maximum atomic E-state index is 12.5. The Balaban J connectivity index is 1.76. The van der Waals surface area contributed by atoms with Gasteiger partial charge in [0.25, 0.3) is 0 Å². The molecule has 0 aliphatic rings. The van der Waals surface area contributed by atoms with Gasteiger partial charge in [-0.25, -0.2) is 0 Å². The zero-order valence-corrected chi connectivity index (χ0v) is 21.8. The van der Waals surface area contributed by atoms with E-state index in [1.807, 2.05) is 53.8 Å². The van der Waals surface area contributed by atoms with E-state index in [1.54, 1.807) is 26.4 Å². The van der Waals surface area contributed by atoms with Crippen molar-refractivity contribution in [3.63, 3.8) is 0 Å². The minimum Gasteiger partial charge on any atom is -0.497 e. The highest BCUT2D eigenvalue weighted by Crippen LogP contribution is 2.32. The molecule has 192 valence electrons. The average Bonchev–Trinajstić information content (AvgIpc) is 2.88. The second-order valence-corrected chi connectivity index (χ2v) is 8.75. The lowest BCUT2D eigenvalue weighted by Gasteiger charge is -2.16. The van der Waals surface area contributed by atoms with Crippen molar-refractivity contribution in [1.29, 1.82) is 0 Å². The number of carbonyl (C=O) groups is 1. The molecule has 3 aromatic carbocycles. The van der Waals surface area contributed by atoms with E-state index >= 15 is 0 Å². The first-order chi connectivity index (χ1) is 17.2. The fraction of sp³-hybridized carbons (Fsp3) is 0.269. The van der Waals surface area contributed by atoms with Crippen molar-refractivity contribution in [2.24, 2.45) is 0 Å². The Labute approximate surface area is 220 Å². The topological polar surface area (TPSA) is 66.0 Å². The summed E-state index contributed by atoms with van der Waals surface area (Å²) in [4.78, 5) is 11.2. The minimum absolute atomic E-state index is 0.165. The van der Waals surface area contributed by atoms with Gasteiger partial charge < -0.3 is 24.3 Å². The summed E-state index contributed by atoms with van der Waals surface area (Å²) >= 11 is 2.08. The summed E-state index contributed by atoms with van der Waals surface area (Å²) < 4.78 is 60.6. The van der Waals surface area contributed by atoms with Crippen LogP contribution in [-0.4, -0.2) is 32.8 Å². The van der Waals surface area contributed by atoms with Crippen LogP contribution in [0.15, 0.2) is 60.7 Å². The maximum absolute atomic E-state index is 12.5. The number of nitrogens with one attached hydrogen (secondary N) is 1. The highest BCUT2D eigenvalue weighted by Gasteiger charge is 2.38. The Morgan fingerprint density at radius 2 is 1.36 bits per heavy atom. The third kappa shape index (κ3) is 7.94. The summed E-state index contributed by atoms with van der Waals surface area (Å²) in [6, 6.07) is 18.3. The highest BCUT2D eigenvalue weighted by atomic mass is 127. The number of carbonyl (C=O) groups excluding carboxylic acids is 1. The lowest BCUT2D eigenvalue weighted by atomic mass is 10.1. The van der Waals surface area contributed by atoms with Crippen molar-refractivity contribution >= 4 is 28.5 Å². The Morgan fingerprint density at radius 3 is 1.86 bits per heavy atom. The van der Waals surface area contributed by atoms with Crippen LogP contribution >= 0.6 is 22.6 Å². The zero-order chi connectivity index (χ0) is 26.1. The van der Waals surface area contributed by atoms with E-state index in [-0.39, 0.29) is 26.2 Å². The molecule has 0 spiro atoms. The van der Waals surface area contributed by atoms with Crippen LogP contribution in [0.1, 0.15) is 16.7 Å². The molecule has 0 bridgehead atoms. The zero-order valence-electron chi connectivity index (χ0n) is 19.7. The minimum atomic E-state index is -4.93. The molecule has 0 fully saturated rings. The standard InChI is InChI=1S/C26H25F3INO5/c1-33-20-7-3-17(4-8-20)15-35-22-13-19(11-12-31-25(32)26(27,28)29)24(30)23(14-22)36-16-18-5-9-21(34-2)10-6-18/h3-10,13-14H,11-12,15-16H2,1-2H3,(H,31,32). The van der Waals surface area contributed by atoms with Crippen molar-refractivity contribution in [3.05, 3.63) is 80.9 Å². The number of alkyl halides is 3. The Morgan fingerprint density at radius 1 is 0.833 bits per heavy atom. The first kappa shape index (κ1) is 27.4. The molecule has 0 saturated heterocycles. The largest absolute Gasteiger partial charge is 0.497 e. The van der Waals surface area contributed by atoms with Crippen LogP contribution in [-0.2, 0) is 24.4 Å². The molecule has 3 aromatic rings. The molecular weight excluding hydrogens is 590 g/mol. The SMILES string of the molecule is COc1ccc(COc2cc(CCNC(=O)C(F)(F)F)c(I)c(OCc3ccc(OC)cc3)c2)cc1. The molecule has 0 aliphatic heterocycles. The van der Waals surface area contributed by atoms with Crippen molar-refractivity contribution in [2.75, 3.05) is 20.8 Å².